The highest BCUT2D eigenvalue weighted by Crippen LogP contribution is 2.45. The summed E-state index contributed by atoms with van der Waals surface area (Å²) in [5.74, 6) is -1.02. The summed E-state index contributed by atoms with van der Waals surface area (Å²) in [4.78, 5) is 27.0. The van der Waals surface area contributed by atoms with Crippen LogP contribution in [0.2, 0.25) is 10.0 Å². The van der Waals surface area contributed by atoms with E-state index in [0.29, 0.717) is 32.6 Å². The van der Waals surface area contributed by atoms with Crippen molar-refractivity contribution < 1.29 is 14.3 Å². The lowest BCUT2D eigenvalue weighted by atomic mass is 9.84. The molecule has 2 aromatic carbocycles. The SMILES string of the molecule is O=C1OCC2=C1C(c1cccc(Cl)c1Cl)CC(=O)N2c1cccc(Br)c1. The summed E-state index contributed by atoms with van der Waals surface area (Å²) in [5, 5.41) is 0.744. The molecule has 2 aromatic rings. The third-order valence-electron chi connectivity index (χ3n) is 4.54. The first kappa shape index (κ1) is 17.6. The minimum atomic E-state index is -0.470. The van der Waals surface area contributed by atoms with Crippen LogP contribution >= 0.6 is 39.1 Å². The highest BCUT2D eigenvalue weighted by Gasteiger charge is 2.43. The molecule has 26 heavy (non-hydrogen) atoms. The summed E-state index contributed by atoms with van der Waals surface area (Å²) >= 11 is 15.9. The number of ether oxygens (including phenoxy) is 1. The fourth-order valence-corrected chi connectivity index (χ4v) is 4.25. The molecule has 2 aliphatic heterocycles. The number of hydrogen-bond donors (Lipinski definition) is 0. The van der Waals surface area contributed by atoms with Crippen LogP contribution in [0.5, 0.6) is 0 Å². The monoisotopic (exact) mass is 451 g/mol. The molecule has 1 atom stereocenters. The quantitative estimate of drug-likeness (QED) is 0.596. The summed E-state index contributed by atoms with van der Waals surface area (Å²) in [6.45, 7) is 0.0567. The number of halogens is 3. The maximum atomic E-state index is 13.0. The molecule has 7 heteroatoms. The van der Waals surface area contributed by atoms with Crippen LogP contribution in [0.3, 0.4) is 0 Å². The molecule has 2 heterocycles. The number of anilines is 1. The minimum absolute atomic E-state index is 0.0567. The van der Waals surface area contributed by atoms with Crippen LogP contribution in [0.4, 0.5) is 5.69 Å². The van der Waals surface area contributed by atoms with E-state index in [2.05, 4.69) is 15.9 Å². The normalized spacial score (nSPS) is 19.7. The molecule has 2 aliphatic rings. The average Bonchev–Trinajstić information content (AvgIpc) is 2.98. The summed E-state index contributed by atoms with van der Waals surface area (Å²) in [5.41, 5.74) is 2.37. The molecule has 0 aromatic heterocycles. The molecule has 0 spiro atoms. The van der Waals surface area contributed by atoms with Crippen molar-refractivity contribution in [2.75, 3.05) is 11.5 Å². The largest absolute Gasteiger partial charge is 0.456 e. The highest BCUT2D eigenvalue weighted by atomic mass is 79.9. The molecule has 0 radical (unpaired) electrons. The molecule has 0 saturated heterocycles. The number of nitrogens with zero attached hydrogens (tertiary/aromatic N) is 1. The summed E-state index contributed by atoms with van der Waals surface area (Å²) in [6, 6.07) is 12.6. The molecular weight excluding hydrogens is 441 g/mol. The van der Waals surface area contributed by atoms with Gasteiger partial charge in [-0.3, -0.25) is 9.69 Å². The zero-order valence-electron chi connectivity index (χ0n) is 13.3. The van der Waals surface area contributed by atoms with Gasteiger partial charge < -0.3 is 4.74 Å². The maximum Gasteiger partial charge on any atom is 0.336 e. The molecule has 4 rings (SSSR count). The molecular formula is C19H12BrCl2NO3. The Balaban J connectivity index is 1.87. The van der Waals surface area contributed by atoms with Crippen molar-refractivity contribution in [2.24, 2.45) is 0 Å². The molecule has 1 amide bonds. The highest BCUT2D eigenvalue weighted by molar-refractivity contribution is 9.10. The second-order valence-electron chi connectivity index (χ2n) is 6.05. The Morgan fingerprint density at radius 2 is 1.88 bits per heavy atom. The van der Waals surface area contributed by atoms with E-state index in [9.17, 15) is 9.59 Å². The van der Waals surface area contributed by atoms with Gasteiger partial charge >= 0.3 is 5.97 Å². The van der Waals surface area contributed by atoms with E-state index in [1.807, 2.05) is 24.3 Å². The summed E-state index contributed by atoms with van der Waals surface area (Å²) in [6.07, 6.45) is 0.112. The van der Waals surface area contributed by atoms with Crippen LogP contribution in [0.25, 0.3) is 0 Å². The van der Waals surface area contributed by atoms with Crippen LogP contribution in [-0.2, 0) is 14.3 Å². The molecule has 132 valence electrons. The van der Waals surface area contributed by atoms with Gasteiger partial charge in [0.05, 0.1) is 21.3 Å². The molecule has 0 aliphatic carbocycles. The Labute approximate surface area is 168 Å². The Kier molecular flexibility index (Phi) is 4.55. The standard InChI is InChI=1S/C19H12BrCl2NO3/c20-10-3-1-4-11(7-10)23-15-9-26-19(25)17(15)13(8-16(23)24)12-5-2-6-14(21)18(12)22/h1-7,13H,8-9H2. The fourth-order valence-electron chi connectivity index (χ4n) is 3.42. The van der Waals surface area contributed by atoms with Gasteiger partial charge in [-0.25, -0.2) is 4.79 Å². The number of amides is 1. The van der Waals surface area contributed by atoms with E-state index >= 15 is 0 Å². The molecule has 0 fully saturated rings. The first-order chi connectivity index (χ1) is 12.5. The predicted octanol–water partition coefficient (Wildman–Crippen LogP) is 5.09. The number of esters is 1. The van der Waals surface area contributed by atoms with Crippen LogP contribution in [0.15, 0.2) is 58.2 Å². The van der Waals surface area contributed by atoms with Crippen molar-refractivity contribution in [3.05, 3.63) is 73.8 Å². The van der Waals surface area contributed by atoms with E-state index < -0.39 is 11.9 Å². The van der Waals surface area contributed by atoms with Crippen LogP contribution in [0, 0.1) is 0 Å². The van der Waals surface area contributed by atoms with Crippen molar-refractivity contribution in [3.63, 3.8) is 0 Å². The Hall–Kier alpha value is -1.82. The second kappa shape index (κ2) is 6.72. The average molecular weight is 453 g/mol. The molecule has 0 N–H and O–H groups in total. The maximum absolute atomic E-state index is 13.0. The van der Waals surface area contributed by atoms with E-state index in [1.165, 1.54) is 0 Å². The second-order valence-corrected chi connectivity index (χ2v) is 7.75. The van der Waals surface area contributed by atoms with Gasteiger partial charge in [0.2, 0.25) is 5.91 Å². The Bertz CT molecular complexity index is 973. The predicted molar refractivity (Wildman–Crippen MR) is 103 cm³/mol. The van der Waals surface area contributed by atoms with Crippen molar-refractivity contribution in [3.8, 4) is 0 Å². The molecule has 0 saturated carbocycles. The van der Waals surface area contributed by atoms with Crippen molar-refractivity contribution >= 4 is 56.7 Å². The first-order valence-electron chi connectivity index (χ1n) is 7.90. The fraction of sp³-hybridized carbons (Fsp3) is 0.158. The van der Waals surface area contributed by atoms with Gasteiger partial charge in [0, 0.05) is 22.5 Å². The van der Waals surface area contributed by atoms with E-state index in [4.69, 9.17) is 27.9 Å². The molecule has 0 bridgehead atoms. The van der Waals surface area contributed by atoms with Crippen molar-refractivity contribution in [1.29, 1.82) is 0 Å². The van der Waals surface area contributed by atoms with Crippen LogP contribution in [0.1, 0.15) is 17.9 Å². The lowest BCUT2D eigenvalue weighted by Gasteiger charge is -2.32. The lowest BCUT2D eigenvalue weighted by Crippen LogP contribution is -2.37. The van der Waals surface area contributed by atoms with Gasteiger partial charge in [-0.2, -0.15) is 0 Å². The number of carbonyl (C=O) groups is 2. The van der Waals surface area contributed by atoms with Crippen LogP contribution < -0.4 is 4.90 Å². The van der Waals surface area contributed by atoms with Crippen LogP contribution in [-0.4, -0.2) is 18.5 Å². The Morgan fingerprint density at radius 1 is 1.12 bits per heavy atom. The summed E-state index contributed by atoms with van der Waals surface area (Å²) < 4.78 is 6.10. The van der Waals surface area contributed by atoms with Gasteiger partial charge in [-0.05, 0) is 29.8 Å². The van der Waals surface area contributed by atoms with Gasteiger partial charge in [0.15, 0.2) is 0 Å². The van der Waals surface area contributed by atoms with Gasteiger partial charge in [0.1, 0.15) is 6.61 Å². The third-order valence-corrected chi connectivity index (χ3v) is 5.87. The lowest BCUT2D eigenvalue weighted by molar-refractivity contribution is -0.136. The number of cyclic esters (lactones) is 1. The molecule has 4 nitrogen and oxygen atoms in total. The van der Waals surface area contributed by atoms with Crippen molar-refractivity contribution in [2.45, 2.75) is 12.3 Å². The third kappa shape index (κ3) is 2.84. The first-order valence-corrected chi connectivity index (χ1v) is 9.45. The number of benzene rings is 2. The summed E-state index contributed by atoms with van der Waals surface area (Å²) in [7, 11) is 0. The minimum Gasteiger partial charge on any atom is -0.456 e. The van der Waals surface area contributed by atoms with Gasteiger partial charge in [-0.1, -0.05) is 57.3 Å². The van der Waals surface area contributed by atoms with Gasteiger partial charge in [-0.15, -0.1) is 0 Å². The topological polar surface area (TPSA) is 46.6 Å². The number of rotatable bonds is 2. The van der Waals surface area contributed by atoms with Crippen molar-refractivity contribution in [1.82, 2.24) is 0 Å². The molecule has 1 unspecified atom stereocenters. The van der Waals surface area contributed by atoms with Gasteiger partial charge in [0.25, 0.3) is 0 Å². The Morgan fingerprint density at radius 3 is 2.65 bits per heavy atom. The van der Waals surface area contributed by atoms with E-state index in [0.717, 1.165) is 4.47 Å². The zero-order chi connectivity index (χ0) is 18.4. The van der Waals surface area contributed by atoms with E-state index in [1.54, 1.807) is 23.1 Å². The smallest absolute Gasteiger partial charge is 0.336 e. The number of carbonyl (C=O) groups excluding carboxylic acids is 2. The zero-order valence-corrected chi connectivity index (χ0v) is 16.4. The number of hydrogen-bond acceptors (Lipinski definition) is 3. The van der Waals surface area contributed by atoms with E-state index in [-0.39, 0.29) is 18.9 Å².